The van der Waals surface area contributed by atoms with E-state index in [1.807, 2.05) is 12.1 Å². The molecule has 0 saturated carbocycles. The van der Waals surface area contributed by atoms with Gasteiger partial charge in [-0.2, -0.15) is 0 Å². The first kappa shape index (κ1) is 25.3. The average molecular weight is 485 g/mol. The number of aliphatic hydroxyl groups is 1. The Morgan fingerprint density at radius 3 is 2.37 bits per heavy atom. The van der Waals surface area contributed by atoms with Gasteiger partial charge in [0.05, 0.1) is 13.7 Å². The van der Waals surface area contributed by atoms with Gasteiger partial charge < -0.3 is 14.7 Å². The molecule has 1 amide bonds. The van der Waals surface area contributed by atoms with Crippen molar-refractivity contribution in [3.63, 3.8) is 0 Å². The number of likely N-dealkylation sites (tertiary alicyclic amines) is 2. The second-order valence-electron chi connectivity index (χ2n) is 9.54. The SMILES string of the molecule is COc1cccc(C2CCN(C(CO)C3CCN(C(=O)/C=C/c4cc(F)cc(F)c4)CC3)CC2)c1. The van der Waals surface area contributed by atoms with Crippen molar-refractivity contribution < 1.29 is 23.4 Å². The van der Waals surface area contributed by atoms with E-state index in [1.54, 1.807) is 12.0 Å². The van der Waals surface area contributed by atoms with Crippen LogP contribution in [-0.2, 0) is 4.79 Å². The zero-order chi connectivity index (χ0) is 24.8. The highest BCUT2D eigenvalue weighted by Gasteiger charge is 2.33. The van der Waals surface area contributed by atoms with Crippen molar-refractivity contribution in [2.45, 2.75) is 37.6 Å². The number of benzene rings is 2. The highest BCUT2D eigenvalue weighted by atomic mass is 19.1. The molecule has 2 aromatic carbocycles. The minimum absolute atomic E-state index is 0.101. The number of ether oxygens (including phenoxy) is 1. The van der Waals surface area contributed by atoms with E-state index in [-0.39, 0.29) is 18.6 Å². The van der Waals surface area contributed by atoms with E-state index in [9.17, 15) is 18.7 Å². The molecule has 1 N–H and O–H groups in total. The van der Waals surface area contributed by atoms with Crippen LogP contribution in [0.5, 0.6) is 5.75 Å². The summed E-state index contributed by atoms with van der Waals surface area (Å²) in [6.45, 7) is 3.23. The van der Waals surface area contributed by atoms with Crippen LogP contribution in [0.4, 0.5) is 8.78 Å². The third-order valence-corrected chi connectivity index (χ3v) is 7.45. The summed E-state index contributed by atoms with van der Waals surface area (Å²) in [7, 11) is 1.69. The summed E-state index contributed by atoms with van der Waals surface area (Å²) >= 11 is 0. The molecular formula is C28H34F2N2O3. The molecule has 0 aliphatic carbocycles. The lowest BCUT2D eigenvalue weighted by atomic mass is 9.84. The fraction of sp³-hybridized carbons (Fsp3) is 0.464. The highest BCUT2D eigenvalue weighted by Crippen LogP contribution is 2.33. The van der Waals surface area contributed by atoms with Crippen molar-refractivity contribution >= 4 is 12.0 Å². The van der Waals surface area contributed by atoms with E-state index in [4.69, 9.17) is 4.74 Å². The van der Waals surface area contributed by atoms with Gasteiger partial charge in [-0.1, -0.05) is 12.1 Å². The minimum atomic E-state index is -0.666. The van der Waals surface area contributed by atoms with E-state index < -0.39 is 11.6 Å². The lowest BCUT2D eigenvalue weighted by Gasteiger charge is -2.43. The second kappa shape index (κ2) is 11.8. The van der Waals surface area contributed by atoms with Gasteiger partial charge in [0.25, 0.3) is 0 Å². The molecule has 35 heavy (non-hydrogen) atoms. The first-order valence-corrected chi connectivity index (χ1v) is 12.4. The molecule has 0 spiro atoms. The summed E-state index contributed by atoms with van der Waals surface area (Å²) in [6.07, 6.45) is 6.58. The molecular weight excluding hydrogens is 450 g/mol. The predicted molar refractivity (Wildman–Crippen MR) is 132 cm³/mol. The lowest BCUT2D eigenvalue weighted by molar-refractivity contribution is -0.127. The van der Waals surface area contributed by atoms with Gasteiger partial charge in [0, 0.05) is 31.3 Å². The Balaban J connectivity index is 1.28. The number of methoxy groups -OCH3 is 1. The van der Waals surface area contributed by atoms with Crippen LogP contribution in [0.2, 0.25) is 0 Å². The molecule has 1 unspecified atom stereocenters. The first-order chi connectivity index (χ1) is 17.0. The van der Waals surface area contributed by atoms with Crippen LogP contribution in [0.1, 0.15) is 42.7 Å². The van der Waals surface area contributed by atoms with Crippen molar-refractivity contribution in [1.82, 2.24) is 9.80 Å². The molecule has 1 atom stereocenters. The largest absolute Gasteiger partial charge is 0.497 e. The zero-order valence-corrected chi connectivity index (χ0v) is 20.2. The molecule has 0 radical (unpaired) electrons. The molecule has 5 nitrogen and oxygen atoms in total. The fourth-order valence-corrected chi connectivity index (χ4v) is 5.47. The Morgan fingerprint density at radius 2 is 1.74 bits per heavy atom. The number of halogens is 2. The van der Waals surface area contributed by atoms with Crippen LogP contribution in [0, 0.1) is 17.6 Å². The van der Waals surface area contributed by atoms with E-state index in [2.05, 4.69) is 17.0 Å². The van der Waals surface area contributed by atoms with Gasteiger partial charge in [0.2, 0.25) is 5.91 Å². The topological polar surface area (TPSA) is 53.0 Å². The van der Waals surface area contributed by atoms with Crippen molar-refractivity contribution in [2.75, 3.05) is 39.9 Å². The molecule has 188 valence electrons. The Morgan fingerprint density at radius 1 is 1.06 bits per heavy atom. The van der Waals surface area contributed by atoms with E-state index in [1.165, 1.54) is 29.8 Å². The van der Waals surface area contributed by atoms with Gasteiger partial charge in [0.15, 0.2) is 0 Å². The third-order valence-electron chi connectivity index (χ3n) is 7.45. The van der Waals surface area contributed by atoms with Crippen LogP contribution in [0.15, 0.2) is 48.5 Å². The molecule has 2 saturated heterocycles. The number of piperidine rings is 2. The summed E-state index contributed by atoms with van der Waals surface area (Å²) in [4.78, 5) is 16.8. The fourth-order valence-electron chi connectivity index (χ4n) is 5.47. The third kappa shape index (κ3) is 6.47. The molecule has 2 aliphatic heterocycles. The molecule has 2 aliphatic rings. The van der Waals surface area contributed by atoms with Gasteiger partial charge in [-0.05, 0) is 92.1 Å². The quantitative estimate of drug-likeness (QED) is 0.590. The van der Waals surface area contributed by atoms with Crippen molar-refractivity contribution in [2.24, 2.45) is 5.92 Å². The standard InChI is InChI=1S/C28H34F2N2O3/c1-35-26-4-2-3-23(17-26)21-7-11-31(12-8-21)27(19-33)22-9-13-32(14-10-22)28(34)6-5-20-15-24(29)18-25(30)16-20/h2-6,15-18,21-22,27,33H,7-14,19H2,1H3/b6-5+. The van der Waals surface area contributed by atoms with Crippen LogP contribution < -0.4 is 4.74 Å². The number of aliphatic hydroxyl groups excluding tert-OH is 1. The maximum absolute atomic E-state index is 13.4. The smallest absolute Gasteiger partial charge is 0.246 e. The Bertz CT molecular complexity index is 1010. The summed E-state index contributed by atoms with van der Waals surface area (Å²) in [5.74, 6) is 0.225. The zero-order valence-electron chi connectivity index (χ0n) is 20.2. The number of hydrogen-bond donors (Lipinski definition) is 1. The number of carbonyl (C=O) groups is 1. The first-order valence-electron chi connectivity index (χ1n) is 12.4. The van der Waals surface area contributed by atoms with Gasteiger partial charge in [-0.3, -0.25) is 9.69 Å². The number of nitrogens with zero attached hydrogens (tertiary/aromatic N) is 2. The monoisotopic (exact) mass is 484 g/mol. The molecule has 2 aromatic rings. The second-order valence-corrected chi connectivity index (χ2v) is 9.54. The number of hydrogen-bond acceptors (Lipinski definition) is 4. The van der Waals surface area contributed by atoms with E-state index in [0.29, 0.717) is 30.5 Å². The van der Waals surface area contributed by atoms with Gasteiger partial charge in [-0.25, -0.2) is 8.78 Å². The van der Waals surface area contributed by atoms with Crippen LogP contribution in [-0.4, -0.2) is 66.8 Å². The number of rotatable bonds is 7. The number of amides is 1. The van der Waals surface area contributed by atoms with Gasteiger partial charge in [-0.15, -0.1) is 0 Å². The summed E-state index contributed by atoms with van der Waals surface area (Å²) in [6, 6.07) is 11.6. The van der Waals surface area contributed by atoms with Crippen LogP contribution in [0.25, 0.3) is 6.08 Å². The normalized spacial score (nSPS) is 19.3. The van der Waals surface area contributed by atoms with E-state index >= 15 is 0 Å². The molecule has 0 aromatic heterocycles. The molecule has 4 rings (SSSR count). The van der Waals surface area contributed by atoms with Crippen LogP contribution >= 0.6 is 0 Å². The minimum Gasteiger partial charge on any atom is -0.497 e. The maximum Gasteiger partial charge on any atom is 0.246 e. The Labute approximate surface area is 206 Å². The highest BCUT2D eigenvalue weighted by molar-refractivity contribution is 5.91. The molecule has 0 bridgehead atoms. The predicted octanol–water partition coefficient (Wildman–Crippen LogP) is 4.47. The lowest BCUT2D eigenvalue weighted by Crippen LogP contribution is -2.50. The summed E-state index contributed by atoms with van der Waals surface area (Å²) < 4.78 is 32.1. The van der Waals surface area contributed by atoms with Crippen molar-refractivity contribution in [1.29, 1.82) is 0 Å². The Hall–Kier alpha value is -2.77. The van der Waals surface area contributed by atoms with E-state index in [0.717, 1.165) is 50.6 Å². The summed E-state index contributed by atoms with van der Waals surface area (Å²) in [5, 5.41) is 10.2. The van der Waals surface area contributed by atoms with Gasteiger partial charge >= 0.3 is 0 Å². The van der Waals surface area contributed by atoms with Crippen molar-refractivity contribution in [3.8, 4) is 5.75 Å². The number of carbonyl (C=O) groups excluding carboxylic acids is 1. The molecule has 2 heterocycles. The molecule has 7 heteroatoms. The maximum atomic E-state index is 13.4. The average Bonchev–Trinajstić information content (AvgIpc) is 2.88. The van der Waals surface area contributed by atoms with Gasteiger partial charge in [0.1, 0.15) is 17.4 Å². The van der Waals surface area contributed by atoms with Crippen molar-refractivity contribution in [3.05, 3.63) is 71.3 Å². The Kier molecular flexibility index (Phi) is 8.52. The summed E-state index contributed by atoms with van der Waals surface area (Å²) in [5.41, 5.74) is 1.63. The van der Waals surface area contributed by atoms with Crippen LogP contribution in [0.3, 0.4) is 0 Å². The molecule has 2 fully saturated rings.